The van der Waals surface area contributed by atoms with Crippen molar-refractivity contribution in [3.05, 3.63) is 30.2 Å². The van der Waals surface area contributed by atoms with Gasteiger partial charge in [-0.1, -0.05) is 5.16 Å². The van der Waals surface area contributed by atoms with Crippen LogP contribution in [-0.4, -0.2) is 68.5 Å². The van der Waals surface area contributed by atoms with Gasteiger partial charge in [0, 0.05) is 25.7 Å². The monoisotopic (exact) mass is 364 g/mol. The minimum Gasteiger partial charge on any atom is -0.483 e. The fraction of sp³-hybridized carbons (Fsp3) is 0.562. The first kappa shape index (κ1) is 19.6. The molecule has 0 bridgehead atoms. The molecular formula is C16H24N6O4. The van der Waals surface area contributed by atoms with Gasteiger partial charge in [0.1, 0.15) is 18.4 Å². The SMILES string of the molecule is Cc1nncn1CCN1CCC(CNC(=O)c2ccon2)CC1.O=CO. The number of nitrogens with one attached hydrogen (secondary N) is 1. The molecule has 1 aliphatic rings. The van der Waals surface area contributed by atoms with Crippen LogP contribution in [0.5, 0.6) is 0 Å². The van der Waals surface area contributed by atoms with E-state index in [-0.39, 0.29) is 12.4 Å². The Kier molecular flexibility index (Phi) is 7.75. The highest BCUT2D eigenvalue weighted by molar-refractivity contribution is 5.91. The second kappa shape index (κ2) is 10.3. The van der Waals surface area contributed by atoms with Gasteiger partial charge in [0.05, 0.1) is 0 Å². The van der Waals surface area contributed by atoms with Gasteiger partial charge in [-0.15, -0.1) is 10.2 Å². The van der Waals surface area contributed by atoms with E-state index in [0.717, 1.165) is 44.8 Å². The lowest BCUT2D eigenvalue weighted by molar-refractivity contribution is -0.122. The maximum atomic E-state index is 11.8. The van der Waals surface area contributed by atoms with Crippen molar-refractivity contribution in [1.82, 2.24) is 30.1 Å². The van der Waals surface area contributed by atoms with Crippen molar-refractivity contribution in [2.75, 3.05) is 26.2 Å². The summed E-state index contributed by atoms with van der Waals surface area (Å²) in [5.41, 5.74) is 0.340. The second-order valence-corrected chi connectivity index (χ2v) is 6.06. The van der Waals surface area contributed by atoms with Crippen molar-refractivity contribution in [2.45, 2.75) is 26.3 Å². The molecule has 0 atom stereocenters. The summed E-state index contributed by atoms with van der Waals surface area (Å²) >= 11 is 0. The number of carbonyl (C=O) groups is 2. The van der Waals surface area contributed by atoms with E-state index in [9.17, 15) is 4.79 Å². The number of carbonyl (C=O) groups excluding carboxylic acids is 1. The highest BCUT2D eigenvalue weighted by Crippen LogP contribution is 2.16. The topological polar surface area (TPSA) is 126 Å². The predicted octanol–water partition coefficient (Wildman–Crippen LogP) is 0.417. The number of likely N-dealkylation sites (tertiary alicyclic amines) is 1. The summed E-state index contributed by atoms with van der Waals surface area (Å²) < 4.78 is 6.75. The van der Waals surface area contributed by atoms with Crippen molar-refractivity contribution < 1.29 is 19.2 Å². The molecule has 2 N–H and O–H groups in total. The van der Waals surface area contributed by atoms with Crippen LogP contribution in [0.15, 0.2) is 23.2 Å². The zero-order valence-corrected chi connectivity index (χ0v) is 14.7. The summed E-state index contributed by atoms with van der Waals surface area (Å²) in [5, 5.41) is 21.4. The number of hydrogen-bond donors (Lipinski definition) is 2. The molecule has 2 aromatic heterocycles. The van der Waals surface area contributed by atoms with Crippen molar-refractivity contribution in [3.63, 3.8) is 0 Å². The Bertz CT molecular complexity index is 664. The lowest BCUT2D eigenvalue weighted by Crippen LogP contribution is -2.39. The van der Waals surface area contributed by atoms with Gasteiger partial charge < -0.3 is 24.4 Å². The van der Waals surface area contributed by atoms with Crippen LogP contribution in [0.1, 0.15) is 29.2 Å². The van der Waals surface area contributed by atoms with Gasteiger partial charge in [0.15, 0.2) is 5.69 Å². The van der Waals surface area contributed by atoms with E-state index in [1.165, 1.54) is 6.26 Å². The summed E-state index contributed by atoms with van der Waals surface area (Å²) in [5.74, 6) is 1.32. The maximum absolute atomic E-state index is 11.8. The lowest BCUT2D eigenvalue weighted by atomic mass is 9.97. The number of aryl methyl sites for hydroxylation is 1. The van der Waals surface area contributed by atoms with Gasteiger partial charge in [-0.2, -0.15) is 0 Å². The first-order valence-electron chi connectivity index (χ1n) is 8.47. The predicted molar refractivity (Wildman–Crippen MR) is 91.5 cm³/mol. The van der Waals surface area contributed by atoms with Crippen molar-refractivity contribution >= 4 is 12.4 Å². The van der Waals surface area contributed by atoms with Crippen LogP contribution < -0.4 is 5.32 Å². The molecule has 10 heteroatoms. The average Bonchev–Trinajstić information content (AvgIpc) is 3.31. The van der Waals surface area contributed by atoms with Gasteiger partial charge in [-0.25, -0.2) is 0 Å². The molecule has 0 radical (unpaired) electrons. The summed E-state index contributed by atoms with van der Waals surface area (Å²) in [6.07, 6.45) is 5.38. The minimum absolute atomic E-state index is 0.163. The third-order valence-electron chi connectivity index (χ3n) is 4.40. The number of amides is 1. The van der Waals surface area contributed by atoms with Crippen LogP contribution >= 0.6 is 0 Å². The van der Waals surface area contributed by atoms with Crippen molar-refractivity contribution in [3.8, 4) is 0 Å². The molecule has 3 heterocycles. The Hall–Kier alpha value is -2.75. The van der Waals surface area contributed by atoms with E-state index in [0.29, 0.717) is 18.2 Å². The van der Waals surface area contributed by atoms with Crippen LogP contribution in [-0.2, 0) is 11.3 Å². The normalized spacial score (nSPS) is 15.1. The van der Waals surface area contributed by atoms with Crippen LogP contribution in [0.25, 0.3) is 0 Å². The zero-order valence-electron chi connectivity index (χ0n) is 14.7. The highest BCUT2D eigenvalue weighted by Gasteiger charge is 2.20. The molecule has 3 rings (SSSR count). The Morgan fingerprint density at radius 1 is 1.42 bits per heavy atom. The van der Waals surface area contributed by atoms with Crippen LogP contribution in [0.2, 0.25) is 0 Å². The molecule has 26 heavy (non-hydrogen) atoms. The quantitative estimate of drug-likeness (QED) is 0.706. The molecule has 0 saturated carbocycles. The summed E-state index contributed by atoms with van der Waals surface area (Å²) in [6.45, 7) is 6.47. The number of nitrogens with zero attached hydrogens (tertiary/aromatic N) is 5. The van der Waals surface area contributed by atoms with Crippen LogP contribution in [0, 0.1) is 12.8 Å². The molecule has 10 nitrogen and oxygen atoms in total. The Labute approximate surface area is 151 Å². The minimum atomic E-state index is -0.250. The molecule has 142 valence electrons. The summed E-state index contributed by atoms with van der Waals surface area (Å²) in [7, 11) is 0. The van der Waals surface area contributed by atoms with Gasteiger partial charge in [0.25, 0.3) is 12.4 Å². The van der Waals surface area contributed by atoms with Gasteiger partial charge in [0.2, 0.25) is 0 Å². The Morgan fingerprint density at radius 3 is 2.73 bits per heavy atom. The third kappa shape index (κ3) is 5.96. The fourth-order valence-electron chi connectivity index (χ4n) is 2.85. The van der Waals surface area contributed by atoms with E-state index in [4.69, 9.17) is 9.90 Å². The third-order valence-corrected chi connectivity index (χ3v) is 4.40. The van der Waals surface area contributed by atoms with Gasteiger partial charge in [-0.05, 0) is 38.8 Å². The summed E-state index contributed by atoms with van der Waals surface area (Å²) in [6, 6.07) is 1.57. The molecule has 0 spiro atoms. The molecule has 0 unspecified atom stereocenters. The number of aromatic nitrogens is 4. The van der Waals surface area contributed by atoms with E-state index < -0.39 is 0 Å². The lowest BCUT2D eigenvalue weighted by Gasteiger charge is -2.32. The van der Waals surface area contributed by atoms with E-state index >= 15 is 0 Å². The molecule has 0 aliphatic carbocycles. The first-order chi connectivity index (χ1) is 12.6. The number of rotatable bonds is 6. The van der Waals surface area contributed by atoms with E-state index in [1.807, 2.05) is 6.92 Å². The smallest absolute Gasteiger partial charge is 0.290 e. The second-order valence-electron chi connectivity index (χ2n) is 6.06. The molecule has 1 saturated heterocycles. The average molecular weight is 364 g/mol. The van der Waals surface area contributed by atoms with Gasteiger partial charge in [-0.3, -0.25) is 9.59 Å². The van der Waals surface area contributed by atoms with Crippen molar-refractivity contribution in [1.29, 1.82) is 0 Å². The van der Waals surface area contributed by atoms with Crippen LogP contribution in [0.4, 0.5) is 0 Å². The van der Waals surface area contributed by atoms with Crippen molar-refractivity contribution in [2.24, 2.45) is 5.92 Å². The molecular weight excluding hydrogens is 340 g/mol. The molecule has 0 aromatic carbocycles. The highest BCUT2D eigenvalue weighted by atomic mass is 16.5. The van der Waals surface area contributed by atoms with Crippen LogP contribution in [0.3, 0.4) is 0 Å². The standard InChI is InChI=1S/C15H22N6O2.CH2O2/c1-12-18-17-11-21(12)8-7-20-5-2-13(3-6-20)10-16-15(22)14-4-9-23-19-14;2-1-3/h4,9,11,13H,2-3,5-8,10H2,1H3,(H,16,22);1H,(H,2,3). The fourth-order valence-corrected chi connectivity index (χ4v) is 2.85. The summed E-state index contributed by atoms with van der Waals surface area (Å²) in [4.78, 5) is 22.6. The number of piperidine rings is 1. The molecule has 1 amide bonds. The number of carboxylic acid groups (broad SMARTS) is 1. The molecule has 1 aliphatic heterocycles. The first-order valence-corrected chi connectivity index (χ1v) is 8.47. The molecule has 2 aromatic rings. The van der Waals surface area contributed by atoms with Gasteiger partial charge >= 0.3 is 0 Å². The Morgan fingerprint density at radius 2 is 2.15 bits per heavy atom. The number of hydrogen-bond acceptors (Lipinski definition) is 7. The Balaban J connectivity index is 0.000000758. The molecule has 1 fully saturated rings. The van der Waals surface area contributed by atoms with E-state index in [2.05, 4.69) is 34.7 Å². The zero-order chi connectivity index (χ0) is 18.8. The van der Waals surface area contributed by atoms with E-state index in [1.54, 1.807) is 12.4 Å². The maximum Gasteiger partial charge on any atom is 0.290 e. The largest absolute Gasteiger partial charge is 0.483 e.